The first kappa shape index (κ1) is 9.49. The molecule has 0 radical (unpaired) electrons. The van der Waals surface area contributed by atoms with Gasteiger partial charge in [0.1, 0.15) is 12.8 Å². The van der Waals surface area contributed by atoms with Crippen LogP contribution in [0.5, 0.6) is 0 Å². The Morgan fingerprint density at radius 2 is 2.29 bits per heavy atom. The first-order chi connectivity index (χ1) is 6.72. The third-order valence-corrected chi connectivity index (χ3v) is 2.42. The minimum atomic E-state index is -1.06. The molecule has 14 heavy (non-hydrogen) atoms. The minimum absolute atomic E-state index is 0.569. The van der Waals surface area contributed by atoms with Gasteiger partial charge in [0.2, 0.25) is 0 Å². The second-order valence-electron chi connectivity index (χ2n) is 3.10. The Hall–Kier alpha value is -1.06. The molecule has 74 valence electrons. The summed E-state index contributed by atoms with van der Waals surface area (Å²) < 4.78 is 12.3. The molecule has 0 saturated carbocycles. The van der Waals surface area contributed by atoms with Gasteiger partial charge in [-0.05, 0) is 12.1 Å². The fourth-order valence-corrected chi connectivity index (χ4v) is 1.65. The number of benzene rings is 1. The molecule has 0 aliphatic heterocycles. The summed E-state index contributed by atoms with van der Waals surface area (Å²) in [5.74, 6) is 0. The number of rotatable bonds is 2. The second kappa shape index (κ2) is 3.59. The van der Waals surface area contributed by atoms with E-state index in [0.29, 0.717) is 10.6 Å². The van der Waals surface area contributed by atoms with E-state index in [9.17, 15) is 9.50 Å². The zero-order chi connectivity index (χ0) is 10.1. The first-order valence-electron chi connectivity index (χ1n) is 4.23. The number of fused-ring (bicyclic) bond motifs is 1. The molecule has 2 N–H and O–H groups in total. The van der Waals surface area contributed by atoms with Crippen LogP contribution >= 0.6 is 11.6 Å². The summed E-state index contributed by atoms with van der Waals surface area (Å²) >= 11 is 5.78. The molecular formula is C10H9ClFNO. The van der Waals surface area contributed by atoms with Gasteiger partial charge in [-0.25, -0.2) is 4.39 Å². The normalized spacial score (nSPS) is 13.4. The van der Waals surface area contributed by atoms with Crippen LogP contribution in [0.2, 0.25) is 5.02 Å². The molecule has 4 heteroatoms. The van der Waals surface area contributed by atoms with Crippen LogP contribution in [0.4, 0.5) is 4.39 Å². The van der Waals surface area contributed by atoms with E-state index in [2.05, 4.69) is 4.98 Å². The van der Waals surface area contributed by atoms with Crippen LogP contribution in [-0.2, 0) is 0 Å². The number of hydrogen-bond acceptors (Lipinski definition) is 1. The van der Waals surface area contributed by atoms with E-state index in [1.165, 1.54) is 0 Å². The van der Waals surface area contributed by atoms with E-state index in [0.717, 1.165) is 10.9 Å². The number of aliphatic hydroxyl groups is 1. The molecule has 2 nitrogen and oxygen atoms in total. The summed E-state index contributed by atoms with van der Waals surface area (Å²) in [7, 11) is 0. The van der Waals surface area contributed by atoms with Crippen molar-refractivity contribution in [3.8, 4) is 0 Å². The van der Waals surface area contributed by atoms with Crippen LogP contribution in [-0.4, -0.2) is 16.8 Å². The Bertz CT molecular complexity index is 454. The molecule has 0 aliphatic rings. The number of H-pyrrole nitrogens is 1. The van der Waals surface area contributed by atoms with Gasteiger partial charge in [-0.15, -0.1) is 0 Å². The number of alkyl halides is 1. The fourth-order valence-electron chi connectivity index (χ4n) is 1.48. The van der Waals surface area contributed by atoms with Crippen molar-refractivity contribution in [3.63, 3.8) is 0 Å². The average Bonchev–Trinajstić information content (AvgIpc) is 2.59. The van der Waals surface area contributed by atoms with Crippen LogP contribution in [0, 0.1) is 0 Å². The number of nitrogens with one attached hydrogen (secondary N) is 1. The van der Waals surface area contributed by atoms with E-state index in [4.69, 9.17) is 11.6 Å². The quantitative estimate of drug-likeness (QED) is 0.791. The van der Waals surface area contributed by atoms with Crippen molar-refractivity contribution >= 4 is 22.5 Å². The number of halogens is 2. The Balaban J connectivity index is 2.58. The summed E-state index contributed by atoms with van der Waals surface area (Å²) in [5.41, 5.74) is 1.37. The molecule has 0 bridgehead atoms. The summed E-state index contributed by atoms with van der Waals surface area (Å²) in [6.07, 6.45) is 0.538. The molecule has 1 atom stereocenters. The van der Waals surface area contributed by atoms with Gasteiger partial charge in [0.25, 0.3) is 0 Å². The first-order valence-corrected chi connectivity index (χ1v) is 4.60. The lowest BCUT2D eigenvalue weighted by Crippen LogP contribution is -1.97. The molecule has 0 fully saturated rings. The summed E-state index contributed by atoms with van der Waals surface area (Å²) in [6.45, 7) is -0.782. The highest BCUT2D eigenvalue weighted by molar-refractivity contribution is 6.31. The van der Waals surface area contributed by atoms with Crippen molar-refractivity contribution in [2.75, 3.05) is 6.67 Å². The molecule has 2 aromatic rings. The van der Waals surface area contributed by atoms with Gasteiger partial charge in [0, 0.05) is 27.7 Å². The number of aromatic amines is 1. The van der Waals surface area contributed by atoms with E-state index < -0.39 is 12.8 Å². The monoisotopic (exact) mass is 213 g/mol. The van der Waals surface area contributed by atoms with E-state index in [1.54, 1.807) is 24.4 Å². The van der Waals surface area contributed by atoms with E-state index in [-0.39, 0.29) is 0 Å². The lowest BCUT2D eigenvalue weighted by atomic mass is 10.1. The highest BCUT2D eigenvalue weighted by atomic mass is 35.5. The maximum Gasteiger partial charge on any atom is 0.120 e. The number of aromatic nitrogens is 1. The molecule has 1 heterocycles. The largest absolute Gasteiger partial charge is 0.386 e. The van der Waals surface area contributed by atoms with E-state index in [1.807, 2.05) is 0 Å². The average molecular weight is 214 g/mol. The molecule has 0 aliphatic carbocycles. The Morgan fingerprint density at radius 1 is 1.50 bits per heavy atom. The molecule has 1 aromatic carbocycles. The van der Waals surface area contributed by atoms with Crippen LogP contribution in [0.25, 0.3) is 10.9 Å². The topological polar surface area (TPSA) is 36.0 Å². The van der Waals surface area contributed by atoms with Gasteiger partial charge in [0.15, 0.2) is 0 Å². The van der Waals surface area contributed by atoms with Crippen molar-refractivity contribution in [1.29, 1.82) is 0 Å². The Labute approximate surface area is 85.3 Å². The third kappa shape index (κ3) is 1.49. The van der Waals surface area contributed by atoms with Crippen molar-refractivity contribution in [3.05, 3.63) is 35.0 Å². The van der Waals surface area contributed by atoms with Crippen molar-refractivity contribution in [2.24, 2.45) is 0 Å². The van der Waals surface area contributed by atoms with Crippen LogP contribution in [0.1, 0.15) is 11.7 Å². The van der Waals surface area contributed by atoms with Gasteiger partial charge in [-0.3, -0.25) is 0 Å². The molecule has 0 saturated heterocycles. The summed E-state index contributed by atoms with van der Waals surface area (Å²) in [6, 6.07) is 5.22. The van der Waals surface area contributed by atoms with Crippen LogP contribution in [0.3, 0.4) is 0 Å². The predicted octanol–water partition coefficient (Wildman–Crippen LogP) is 2.82. The number of aliphatic hydroxyl groups excluding tert-OH is 1. The minimum Gasteiger partial charge on any atom is -0.386 e. The Morgan fingerprint density at radius 3 is 3.00 bits per heavy atom. The van der Waals surface area contributed by atoms with Gasteiger partial charge in [-0.1, -0.05) is 17.7 Å². The summed E-state index contributed by atoms with van der Waals surface area (Å²) in [4.78, 5) is 2.93. The van der Waals surface area contributed by atoms with Crippen LogP contribution in [0.15, 0.2) is 24.4 Å². The third-order valence-electron chi connectivity index (χ3n) is 2.18. The molecule has 0 amide bonds. The van der Waals surface area contributed by atoms with Crippen LogP contribution < -0.4 is 0 Å². The van der Waals surface area contributed by atoms with Crippen molar-refractivity contribution < 1.29 is 9.50 Å². The molecule has 0 spiro atoms. The zero-order valence-corrected chi connectivity index (χ0v) is 8.05. The van der Waals surface area contributed by atoms with Crippen molar-refractivity contribution in [2.45, 2.75) is 6.10 Å². The standard InChI is InChI=1S/C10H9ClFNO/c11-6-1-2-7-8(10(14)4-12)5-13-9(7)3-6/h1-3,5,10,13-14H,4H2. The molecular weight excluding hydrogens is 205 g/mol. The Kier molecular flexibility index (Phi) is 2.44. The fraction of sp³-hybridized carbons (Fsp3) is 0.200. The highest BCUT2D eigenvalue weighted by Gasteiger charge is 2.12. The van der Waals surface area contributed by atoms with Gasteiger partial charge >= 0.3 is 0 Å². The smallest absolute Gasteiger partial charge is 0.120 e. The maximum atomic E-state index is 12.3. The van der Waals surface area contributed by atoms with Gasteiger partial charge in [-0.2, -0.15) is 0 Å². The lowest BCUT2D eigenvalue weighted by Gasteiger charge is -2.03. The van der Waals surface area contributed by atoms with Gasteiger partial charge in [0.05, 0.1) is 0 Å². The number of hydrogen-bond donors (Lipinski definition) is 2. The van der Waals surface area contributed by atoms with Gasteiger partial charge < -0.3 is 10.1 Å². The molecule has 2 rings (SSSR count). The van der Waals surface area contributed by atoms with E-state index >= 15 is 0 Å². The predicted molar refractivity (Wildman–Crippen MR) is 54.2 cm³/mol. The summed E-state index contributed by atoms with van der Waals surface area (Å²) in [5, 5.41) is 10.8. The molecule has 1 unspecified atom stereocenters. The maximum absolute atomic E-state index is 12.3. The van der Waals surface area contributed by atoms with Crippen molar-refractivity contribution in [1.82, 2.24) is 4.98 Å². The SMILES string of the molecule is OC(CF)c1c[nH]c2cc(Cl)ccc12. The zero-order valence-electron chi connectivity index (χ0n) is 7.30. The highest BCUT2D eigenvalue weighted by Crippen LogP contribution is 2.26. The molecule has 1 aromatic heterocycles. The second-order valence-corrected chi connectivity index (χ2v) is 3.54. The lowest BCUT2D eigenvalue weighted by molar-refractivity contribution is 0.143.